The number of halogens is 2. The van der Waals surface area contributed by atoms with Gasteiger partial charge in [0.25, 0.3) is 5.09 Å². The second-order valence-corrected chi connectivity index (χ2v) is 3.04. The van der Waals surface area contributed by atoms with Crippen molar-refractivity contribution in [2.24, 2.45) is 0 Å². The summed E-state index contributed by atoms with van der Waals surface area (Å²) in [6.07, 6.45) is 0. The highest BCUT2D eigenvalue weighted by Crippen LogP contribution is 2.21. The summed E-state index contributed by atoms with van der Waals surface area (Å²) >= 11 is 11.4. The van der Waals surface area contributed by atoms with Crippen LogP contribution in [-0.2, 0) is 11.4 Å². The zero-order chi connectivity index (χ0) is 10.7. The van der Waals surface area contributed by atoms with Crippen LogP contribution in [0.5, 0.6) is 0 Å². The normalized spacial score (nSPS) is 9.93. The lowest BCUT2D eigenvalue weighted by Gasteiger charge is -2.04. The van der Waals surface area contributed by atoms with Crippen LogP contribution in [0.1, 0.15) is 11.4 Å². The summed E-state index contributed by atoms with van der Waals surface area (Å²) in [5.74, 6) is 0.393. The molecule has 0 aromatic carbocycles. The molecular weight excluding hydrogens is 233 g/mol. The van der Waals surface area contributed by atoms with Gasteiger partial charge >= 0.3 is 0 Å². The fourth-order valence-corrected chi connectivity index (χ4v) is 1.35. The average Bonchev–Trinajstić information content (AvgIpc) is 2.01. The molecule has 0 amide bonds. The summed E-state index contributed by atoms with van der Waals surface area (Å²) in [7, 11) is 0. The summed E-state index contributed by atoms with van der Waals surface area (Å²) in [6.45, 7) is 1.25. The molecule has 1 aromatic heterocycles. The Balaban J connectivity index is 2.91. The van der Waals surface area contributed by atoms with Gasteiger partial charge in [-0.2, -0.15) is 0 Å². The fourth-order valence-electron chi connectivity index (χ4n) is 0.766. The molecule has 0 fully saturated rings. The Kier molecular flexibility index (Phi) is 3.43. The highest BCUT2D eigenvalue weighted by molar-refractivity contribution is 6.34. The third kappa shape index (κ3) is 2.68. The summed E-state index contributed by atoms with van der Waals surface area (Å²) in [5, 5.41) is 9.10. The first-order valence-corrected chi connectivity index (χ1v) is 4.22. The van der Waals surface area contributed by atoms with Crippen molar-refractivity contribution in [3.63, 3.8) is 0 Å². The topological polar surface area (TPSA) is 78.2 Å². The number of aryl methyl sites for hydroxylation is 1. The van der Waals surface area contributed by atoms with E-state index < -0.39 is 5.09 Å². The summed E-state index contributed by atoms with van der Waals surface area (Å²) < 4.78 is 0. The standard InChI is InChI=1S/C6H5Cl2N3O3/c1-3-9-5(7)4(6(8)10-3)2-14-11(12)13/h2H2,1H3. The summed E-state index contributed by atoms with van der Waals surface area (Å²) in [6, 6.07) is 0. The molecule has 76 valence electrons. The van der Waals surface area contributed by atoms with Gasteiger partial charge in [-0.15, -0.1) is 10.1 Å². The van der Waals surface area contributed by atoms with Gasteiger partial charge in [0, 0.05) is 0 Å². The van der Waals surface area contributed by atoms with Crippen LogP contribution in [0.2, 0.25) is 10.3 Å². The number of hydrogen-bond acceptors (Lipinski definition) is 5. The van der Waals surface area contributed by atoms with E-state index in [2.05, 4.69) is 14.8 Å². The monoisotopic (exact) mass is 237 g/mol. The Hall–Kier alpha value is -1.14. The van der Waals surface area contributed by atoms with Crippen molar-refractivity contribution in [3.05, 3.63) is 31.8 Å². The molecule has 6 nitrogen and oxygen atoms in total. The third-order valence-electron chi connectivity index (χ3n) is 1.33. The lowest BCUT2D eigenvalue weighted by molar-refractivity contribution is -0.763. The van der Waals surface area contributed by atoms with E-state index >= 15 is 0 Å². The van der Waals surface area contributed by atoms with Gasteiger partial charge in [0.05, 0.1) is 5.56 Å². The molecule has 0 bridgehead atoms. The van der Waals surface area contributed by atoms with Crippen molar-refractivity contribution in [1.29, 1.82) is 0 Å². The minimum absolute atomic E-state index is 0.0596. The fraction of sp³-hybridized carbons (Fsp3) is 0.333. The Morgan fingerprint density at radius 1 is 1.43 bits per heavy atom. The van der Waals surface area contributed by atoms with Crippen molar-refractivity contribution >= 4 is 23.2 Å². The molecule has 14 heavy (non-hydrogen) atoms. The molecule has 0 N–H and O–H groups in total. The molecule has 1 aromatic rings. The largest absolute Gasteiger partial charge is 0.309 e. The van der Waals surface area contributed by atoms with E-state index in [0.717, 1.165) is 0 Å². The van der Waals surface area contributed by atoms with Gasteiger partial charge in [-0.3, -0.25) is 0 Å². The Bertz CT molecular complexity index is 348. The van der Waals surface area contributed by atoms with E-state index in [1.807, 2.05) is 0 Å². The highest BCUT2D eigenvalue weighted by Gasteiger charge is 2.11. The summed E-state index contributed by atoms with van der Waals surface area (Å²) in [4.78, 5) is 21.6. The lowest BCUT2D eigenvalue weighted by Crippen LogP contribution is -2.04. The maximum Gasteiger partial charge on any atom is 0.294 e. The maximum atomic E-state index is 9.92. The predicted octanol–water partition coefficient (Wildman–Crippen LogP) is 1.80. The van der Waals surface area contributed by atoms with Gasteiger partial charge < -0.3 is 4.84 Å². The molecule has 1 rings (SSSR count). The van der Waals surface area contributed by atoms with Crippen LogP contribution >= 0.6 is 23.2 Å². The summed E-state index contributed by atoms with van der Waals surface area (Å²) in [5.41, 5.74) is 0.204. The average molecular weight is 238 g/mol. The van der Waals surface area contributed by atoms with Gasteiger partial charge in [-0.25, -0.2) is 9.97 Å². The van der Waals surface area contributed by atoms with Crippen LogP contribution in [0.3, 0.4) is 0 Å². The highest BCUT2D eigenvalue weighted by atomic mass is 35.5. The van der Waals surface area contributed by atoms with Crippen LogP contribution in [0.25, 0.3) is 0 Å². The van der Waals surface area contributed by atoms with Crippen molar-refractivity contribution < 1.29 is 9.92 Å². The smallest absolute Gasteiger partial charge is 0.294 e. The van der Waals surface area contributed by atoms with Crippen LogP contribution in [0.4, 0.5) is 0 Å². The molecule has 0 spiro atoms. The molecule has 0 radical (unpaired) electrons. The Labute approximate surface area is 88.9 Å². The first kappa shape index (κ1) is 10.9. The van der Waals surface area contributed by atoms with E-state index in [9.17, 15) is 10.1 Å². The van der Waals surface area contributed by atoms with E-state index in [1.165, 1.54) is 0 Å². The second-order valence-electron chi connectivity index (χ2n) is 2.33. The van der Waals surface area contributed by atoms with Crippen molar-refractivity contribution in [1.82, 2.24) is 9.97 Å². The van der Waals surface area contributed by atoms with Gasteiger partial charge in [-0.1, -0.05) is 23.2 Å². The Morgan fingerprint density at radius 3 is 2.36 bits per heavy atom. The van der Waals surface area contributed by atoms with Crippen LogP contribution in [0.15, 0.2) is 0 Å². The molecule has 0 saturated heterocycles. The Morgan fingerprint density at radius 2 is 1.93 bits per heavy atom. The van der Waals surface area contributed by atoms with Gasteiger partial charge in [0.15, 0.2) is 0 Å². The van der Waals surface area contributed by atoms with Crippen molar-refractivity contribution in [2.75, 3.05) is 0 Å². The number of aromatic nitrogens is 2. The molecule has 1 heterocycles. The van der Waals surface area contributed by atoms with Crippen LogP contribution in [-0.4, -0.2) is 15.1 Å². The molecular formula is C6H5Cl2N3O3. The van der Waals surface area contributed by atoms with Crippen molar-refractivity contribution in [3.8, 4) is 0 Å². The first-order chi connectivity index (χ1) is 6.50. The predicted molar refractivity (Wildman–Crippen MR) is 48.6 cm³/mol. The van der Waals surface area contributed by atoms with E-state index in [1.54, 1.807) is 6.92 Å². The molecule has 0 aliphatic carbocycles. The van der Waals surface area contributed by atoms with E-state index in [4.69, 9.17) is 23.2 Å². The van der Waals surface area contributed by atoms with Crippen LogP contribution in [0, 0.1) is 17.0 Å². The van der Waals surface area contributed by atoms with Gasteiger partial charge in [-0.05, 0) is 6.92 Å². The van der Waals surface area contributed by atoms with Crippen LogP contribution < -0.4 is 0 Å². The second kappa shape index (κ2) is 4.39. The van der Waals surface area contributed by atoms with Gasteiger partial charge in [0.1, 0.15) is 22.7 Å². The lowest BCUT2D eigenvalue weighted by atomic mass is 10.3. The molecule has 0 saturated carbocycles. The molecule has 0 atom stereocenters. The van der Waals surface area contributed by atoms with E-state index in [0.29, 0.717) is 5.82 Å². The zero-order valence-electron chi connectivity index (χ0n) is 7.03. The number of hydrogen-bond donors (Lipinski definition) is 0. The molecule has 0 aliphatic rings. The minimum Gasteiger partial charge on any atom is -0.309 e. The number of rotatable bonds is 3. The number of nitrogens with zero attached hydrogens (tertiary/aromatic N) is 3. The zero-order valence-corrected chi connectivity index (χ0v) is 8.54. The molecule has 8 heteroatoms. The van der Waals surface area contributed by atoms with E-state index in [-0.39, 0.29) is 22.5 Å². The quantitative estimate of drug-likeness (QED) is 0.455. The maximum absolute atomic E-state index is 9.92. The third-order valence-corrected chi connectivity index (χ3v) is 1.96. The molecule has 0 unspecified atom stereocenters. The van der Waals surface area contributed by atoms with Gasteiger partial charge in [0.2, 0.25) is 0 Å². The minimum atomic E-state index is -0.938. The molecule has 0 aliphatic heterocycles. The van der Waals surface area contributed by atoms with Crippen molar-refractivity contribution in [2.45, 2.75) is 13.5 Å². The first-order valence-electron chi connectivity index (χ1n) is 3.46. The SMILES string of the molecule is Cc1nc(Cl)c(CO[N+](=O)[O-])c(Cl)n1.